The van der Waals surface area contributed by atoms with E-state index in [1.807, 2.05) is 0 Å². The monoisotopic (exact) mass is 394 g/mol. The Morgan fingerprint density at radius 3 is 2.50 bits per heavy atom. The molecule has 0 saturated carbocycles. The zero-order valence-corrected chi connectivity index (χ0v) is 14.7. The molecule has 0 radical (unpaired) electrons. The molecule has 26 heavy (non-hydrogen) atoms. The molecule has 5 nitrogen and oxygen atoms in total. The number of benzene rings is 1. The third-order valence-corrected chi connectivity index (χ3v) is 3.76. The molecule has 0 spiro atoms. The van der Waals surface area contributed by atoms with E-state index in [1.165, 1.54) is 0 Å². The first kappa shape index (κ1) is 20.2. The maximum absolute atomic E-state index is 14.3. The van der Waals surface area contributed by atoms with Crippen LogP contribution in [0, 0.1) is 5.82 Å². The summed E-state index contributed by atoms with van der Waals surface area (Å²) in [5.74, 6) is -1.85. The average Bonchev–Trinajstić information content (AvgIpc) is 2.82. The highest BCUT2D eigenvalue weighted by atomic mass is 35.5. The van der Waals surface area contributed by atoms with Gasteiger partial charge < -0.3 is 9.84 Å². The number of carbonyl (C=O) groups is 1. The summed E-state index contributed by atoms with van der Waals surface area (Å²) in [5.41, 5.74) is -2.88. The number of aryl methyl sites for hydroxylation is 1. The molecule has 0 bridgehead atoms. The fourth-order valence-corrected chi connectivity index (χ4v) is 2.68. The molecule has 0 unspecified atom stereocenters. The number of aromatic nitrogens is 2. The van der Waals surface area contributed by atoms with Crippen molar-refractivity contribution >= 4 is 17.6 Å². The predicted octanol–water partition coefficient (Wildman–Crippen LogP) is 3.96. The van der Waals surface area contributed by atoms with Crippen LogP contribution in [0.4, 0.5) is 17.6 Å². The molecule has 142 valence electrons. The highest BCUT2D eigenvalue weighted by Gasteiger charge is 2.39. The lowest BCUT2D eigenvalue weighted by Gasteiger charge is -2.11. The molecule has 1 N–H and O–H groups in total. The summed E-state index contributed by atoms with van der Waals surface area (Å²) in [6.07, 6.45) is -5.29. The number of aliphatic hydroxyl groups is 1. The van der Waals surface area contributed by atoms with Crippen LogP contribution in [-0.2, 0) is 24.6 Å². The van der Waals surface area contributed by atoms with E-state index < -0.39 is 53.2 Å². The van der Waals surface area contributed by atoms with Crippen molar-refractivity contribution in [3.8, 4) is 11.3 Å². The number of hydrogen-bond acceptors (Lipinski definition) is 4. The van der Waals surface area contributed by atoms with Crippen LogP contribution >= 0.6 is 11.6 Å². The van der Waals surface area contributed by atoms with Gasteiger partial charge in [-0.1, -0.05) is 11.6 Å². The fourth-order valence-electron chi connectivity index (χ4n) is 2.45. The molecular formula is C16H15ClF4N2O3. The van der Waals surface area contributed by atoms with Gasteiger partial charge in [0, 0.05) is 18.2 Å². The summed E-state index contributed by atoms with van der Waals surface area (Å²) in [4.78, 5) is 12.1. The third-order valence-electron chi connectivity index (χ3n) is 3.45. The second-order valence-corrected chi connectivity index (χ2v) is 6.13. The number of halogens is 5. The highest BCUT2D eigenvalue weighted by molar-refractivity contribution is 6.33. The zero-order valence-electron chi connectivity index (χ0n) is 14.0. The Kier molecular flexibility index (Phi) is 5.62. The van der Waals surface area contributed by atoms with Gasteiger partial charge in [0.1, 0.15) is 17.2 Å². The zero-order chi connectivity index (χ0) is 19.8. The number of ether oxygens (including phenoxy) is 1. The lowest BCUT2D eigenvalue weighted by Crippen LogP contribution is -2.14. The number of hydrogen-bond donors (Lipinski definition) is 1. The molecule has 0 aliphatic heterocycles. The van der Waals surface area contributed by atoms with Gasteiger partial charge in [0.05, 0.1) is 23.3 Å². The van der Waals surface area contributed by atoms with Crippen LogP contribution in [0.15, 0.2) is 12.1 Å². The van der Waals surface area contributed by atoms with Gasteiger partial charge in [-0.25, -0.2) is 9.18 Å². The van der Waals surface area contributed by atoms with Crippen molar-refractivity contribution in [1.29, 1.82) is 0 Å². The number of carbonyl (C=O) groups excluding carboxylic acids is 1. The fraction of sp³-hybridized carbons (Fsp3) is 0.375. The van der Waals surface area contributed by atoms with E-state index in [2.05, 4.69) is 5.10 Å². The van der Waals surface area contributed by atoms with Crippen molar-refractivity contribution in [1.82, 2.24) is 9.78 Å². The SMILES string of the molecule is CC(C)OC(=O)c1cc(-c2nn(C)c(C(F)(F)F)c2CO)c(F)cc1Cl. The molecule has 1 aromatic carbocycles. The third kappa shape index (κ3) is 3.83. The Morgan fingerprint density at radius 2 is 2.00 bits per heavy atom. The number of alkyl halides is 3. The average molecular weight is 395 g/mol. The van der Waals surface area contributed by atoms with E-state index in [9.17, 15) is 27.5 Å². The highest BCUT2D eigenvalue weighted by Crippen LogP contribution is 2.38. The van der Waals surface area contributed by atoms with Gasteiger partial charge in [0.2, 0.25) is 0 Å². The number of esters is 1. The van der Waals surface area contributed by atoms with Crippen molar-refractivity contribution in [2.24, 2.45) is 7.05 Å². The molecule has 0 aliphatic rings. The Morgan fingerprint density at radius 1 is 1.38 bits per heavy atom. The second-order valence-electron chi connectivity index (χ2n) is 5.72. The molecule has 0 amide bonds. The molecule has 0 fully saturated rings. The first-order valence-electron chi connectivity index (χ1n) is 7.41. The quantitative estimate of drug-likeness (QED) is 0.630. The molecule has 2 rings (SSSR count). The van der Waals surface area contributed by atoms with Crippen LogP contribution in [0.1, 0.15) is 35.5 Å². The van der Waals surface area contributed by atoms with Crippen molar-refractivity contribution in [2.45, 2.75) is 32.7 Å². The summed E-state index contributed by atoms with van der Waals surface area (Å²) in [7, 11) is 1.02. The smallest absolute Gasteiger partial charge is 0.433 e. The van der Waals surface area contributed by atoms with Crippen LogP contribution in [-0.4, -0.2) is 27.0 Å². The summed E-state index contributed by atoms with van der Waals surface area (Å²) >= 11 is 5.85. The van der Waals surface area contributed by atoms with E-state index in [0.29, 0.717) is 4.68 Å². The van der Waals surface area contributed by atoms with Gasteiger partial charge in [-0.2, -0.15) is 18.3 Å². The summed E-state index contributed by atoms with van der Waals surface area (Å²) in [6, 6.07) is 1.75. The van der Waals surface area contributed by atoms with Crippen molar-refractivity contribution < 1.29 is 32.2 Å². The number of rotatable bonds is 4. The van der Waals surface area contributed by atoms with Crippen molar-refractivity contribution in [3.05, 3.63) is 39.8 Å². The maximum atomic E-state index is 14.3. The maximum Gasteiger partial charge on any atom is 0.433 e. The molecule has 0 saturated heterocycles. The van der Waals surface area contributed by atoms with Gasteiger partial charge in [0.25, 0.3) is 0 Å². The first-order chi connectivity index (χ1) is 12.0. The molecule has 1 heterocycles. The topological polar surface area (TPSA) is 64.3 Å². The minimum atomic E-state index is -4.81. The Bertz CT molecular complexity index is 847. The molecule has 2 aromatic rings. The van der Waals surface area contributed by atoms with Gasteiger partial charge in [-0.05, 0) is 26.0 Å². The summed E-state index contributed by atoms with van der Waals surface area (Å²) in [5, 5.41) is 12.8. The van der Waals surface area contributed by atoms with Gasteiger partial charge >= 0.3 is 12.1 Å². The standard InChI is InChI=1S/C16H15ClF4N2O3/c1-7(2)26-15(25)8-4-9(12(18)5-11(8)17)13-10(6-24)14(16(19,20)21)23(3)22-13/h4-5,7,24H,6H2,1-3H3. The molecular weight excluding hydrogens is 380 g/mol. The predicted molar refractivity (Wildman–Crippen MR) is 85.1 cm³/mol. The molecule has 0 atom stereocenters. The van der Waals surface area contributed by atoms with Crippen LogP contribution in [0.2, 0.25) is 5.02 Å². The van der Waals surface area contributed by atoms with Gasteiger partial charge in [-0.15, -0.1) is 0 Å². The van der Waals surface area contributed by atoms with Crippen LogP contribution in [0.25, 0.3) is 11.3 Å². The lowest BCUT2D eigenvalue weighted by molar-refractivity contribution is -0.144. The normalized spacial score (nSPS) is 11.9. The van der Waals surface area contributed by atoms with Crippen LogP contribution in [0.3, 0.4) is 0 Å². The minimum absolute atomic E-state index is 0.222. The number of aliphatic hydroxyl groups excluding tert-OH is 1. The van der Waals surface area contributed by atoms with E-state index >= 15 is 0 Å². The Labute approximate surface area is 151 Å². The second kappa shape index (κ2) is 7.24. The Balaban J connectivity index is 2.68. The van der Waals surface area contributed by atoms with Crippen LogP contribution < -0.4 is 0 Å². The van der Waals surface area contributed by atoms with E-state index in [-0.39, 0.29) is 10.6 Å². The first-order valence-corrected chi connectivity index (χ1v) is 7.79. The Hall–Kier alpha value is -2.13. The van der Waals surface area contributed by atoms with Crippen molar-refractivity contribution in [2.75, 3.05) is 0 Å². The number of nitrogens with zero attached hydrogens (tertiary/aromatic N) is 2. The molecule has 10 heteroatoms. The molecule has 0 aliphatic carbocycles. The van der Waals surface area contributed by atoms with Crippen LogP contribution in [0.5, 0.6) is 0 Å². The lowest BCUT2D eigenvalue weighted by atomic mass is 10.0. The molecule has 1 aromatic heterocycles. The van der Waals surface area contributed by atoms with E-state index in [4.69, 9.17) is 16.3 Å². The largest absolute Gasteiger partial charge is 0.459 e. The summed E-state index contributed by atoms with van der Waals surface area (Å²) < 4.78 is 59.4. The van der Waals surface area contributed by atoms with E-state index in [1.54, 1.807) is 13.8 Å². The van der Waals surface area contributed by atoms with Gasteiger partial charge in [0.15, 0.2) is 0 Å². The minimum Gasteiger partial charge on any atom is -0.459 e. The van der Waals surface area contributed by atoms with E-state index in [0.717, 1.165) is 19.2 Å². The van der Waals surface area contributed by atoms with Gasteiger partial charge in [-0.3, -0.25) is 4.68 Å². The van der Waals surface area contributed by atoms with Crippen molar-refractivity contribution in [3.63, 3.8) is 0 Å². The summed E-state index contributed by atoms with van der Waals surface area (Å²) in [6.45, 7) is 2.16.